The minimum atomic E-state index is -1.55. The van der Waals surface area contributed by atoms with Gasteiger partial charge in [0.1, 0.15) is 30.2 Å². The third kappa shape index (κ3) is 3.18. The van der Waals surface area contributed by atoms with E-state index in [1.165, 1.54) is 18.2 Å². The van der Waals surface area contributed by atoms with Gasteiger partial charge in [0.25, 0.3) is 5.69 Å². The molecule has 2 rings (SSSR count). The first-order valence-electron chi connectivity index (χ1n) is 6.57. The number of aliphatic hydroxyl groups excluding tert-OH is 4. The van der Waals surface area contributed by atoms with Crippen molar-refractivity contribution in [1.82, 2.24) is 0 Å². The molecule has 9 nitrogen and oxygen atoms in total. The van der Waals surface area contributed by atoms with Crippen molar-refractivity contribution in [2.45, 2.75) is 37.6 Å². The lowest BCUT2D eigenvalue weighted by Gasteiger charge is -2.39. The molecule has 0 aliphatic carbocycles. The van der Waals surface area contributed by atoms with Crippen LogP contribution >= 0.6 is 0 Å². The number of nitro benzene ring substituents is 1. The summed E-state index contributed by atoms with van der Waals surface area (Å²) in [5.74, 6) is 0.218. The number of non-ortho nitro benzene ring substituents is 1. The molecule has 0 saturated carbocycles. The molecule has 0 spiro atoms. The largest absolute Gasteiger partial charge is 0.462 e. The summed E-state index contributed by atoms with van der Waals surface area (Å²) in [7, 11) is 0. The maximum absolute atomic E-state index is 10.7. The zero-order valence-corrected chi connectivity index (χ0v) is 11.7. The fourth-order valence-corrected chi connectivity index (χ4v) is 2.17. The Labute approximate surface area is 125 Å². The topological polar surface area (TPSA) is 143 Å². The molecule has 1 heterocycles. The van der Waals surface area contributed by atoms with Gasteiger partial charge in [-0.25, -0.2) is 0 Å². The van der Waals surface area contributed by atoms with Crippen molar-refractivity contribution in [3.8, 4) is 5.75 Å². The van der Waals surface area contributed by atoms with Gasteiger partial charge in [0, 0.05) is 12.1 Å². The summed E-state index contributed by atoms with van der Waals surface area (Å²) in [4.78, 5) is 10.1. The first-order chi connectivity index (χ1) is 10.3. The van der Waals surface area contributed by atoms with Crippen molar-refractivity contribution in [1.29, 1.82) is 0 Å². The number of rotatable bonds is 4. The van der Waals surface area contributed by atoms with Crippen molar-refractivity contribution < 1.29 is 34.8 Å². The highest BCUT2D eigenvalue weighted by atomic mass is 16.7. The van der Waals surface area contributed by atoms with E-state index >= 15 is 0 Å². The van der Waals surface area contributed by atoms with Crippen LogP contribution in [0.2, 0.25) is 0 Å². The number of nitro groups is 1. The van der Waals surface area contributed by atoms with Gasteiger partial charge >= 0.3 is 0 Å². The van der Waals surface area contributed by atoms with E-state index in [1.54, 1.807) is 6.92 Å². The van der Waals surface area contributed by atoms with Crippen molar-refractivity contribution in [3.05, 3.63) is 33.9 Å². The molecule has 1 fully saturated rings. The summed E-state index contributed by atoms with van der Waals surface area (Å²) in [6, 6.07) is 3.86. The normalized spacial score (nSPS) is 31.8. The van der Waals surface area contributed by atoms with E-state index in [0.717, 1.165) is 0 Å². The molecule has 0 aromatic heterocycles. The molecule has 1 aliphatic rings. The smallest absolute Gasteiger partial charge is 0.269 e. The molecular formula is C13H17NO8. The SMILES string of the molecule is Cc1cc([N+](=O)[O-])ccc1O[C@@H]1OC(CO)[C@@H](O)C(O)C1O. The Balaban J connectivity index is 2.17. The summed E-state index contributed by atoms with van der Waals surface area (Å²) in [5.41, 5.74) is 0.324. The summed E-state index contributed by atoms with van der Waals surface area (Å²) < 4.78 is 10.6. The summed E-state index contributed by atoms with van der Waals surface area (Å²) in [5, 5.41) is 49.0. The maximum Gasteiger partial charge on any atom is 0.269 e. The van der Waals surface area contributed by atoms with E-state index in [-0.39, 0.29) is 11.4 Å². The van der Waals surface area contributed by atoms with Crippen LogP contribution in [0.25, 0.3) is 0 Å². The Kier molecular flexibility index (Phi) is 4.94. The van der Waals surface area contributed by atoms with Crippen LogP contribution in [0.15, 0.2) is 18.2 Å². The standard InChI is InChI=1S/C13H17NO8/c1-6-4-7(14(19)20)2-3-8(6)21-13-12(18)11(17)10(16)9(5-15)22-13/h2-4,9-13,15-18H,5H2,1H3/t9?,10-,11?,12?,13-/m1/s1. The first-order valence-corrected chi connectivity index (χ1v) is 6.57. The quantitative estimate of drug-likeness (QED) is 0.413. The van der Waals surface area contributed by atoms with E-state index in [9.17, 15) is 25.4 Å². The van der Waals surface area contributed by atoms with Crippen LogP contribution in [-0.2, 0) is 4.74 Å². The maximum atomic E-state index is 10.7. The number of hydrogen-bond donors (Lipinski definition) is 4. The Bertz CT molecular complexity index is 549. The van der Waals surface area contributed by atoms with Gasteiger partial charge < -0.3 is 29.9 Å². The average molecular weight is 315 g/mol. The molecule has 0 radical (unpaired) electrons. The highest BCUT2D eigenvalue weighted by Gasteiger charge is 2.44. The number of ether oxygens (including phenoxy) is 2. The first kappa shape index (κ1) is 16.6. The molecule has 3 unspecified atom stereocenters. The number of aryl methyl sites for hydroxylation is 1. The van der Waals surface area contributed by atoms with E-state index in [4.69, 9.17) is 14.6 Å². The lowest BCUT2D eigenvalue weighted by molar-refractivity contribution is -0.384. The molecule has 22 heavy (non-hydrogen) atoms. The van der Waals surface area contributed by atoms with Gasteiger partial charge in [0.2, 0.25) is 6.29 Å². The minimum Gasteiger partial charge on any atom is -0.462 e. The van der Waals surface area contributed by atoms with E-state index in [2.05, 4.69) is 0 Å². The summed E-state index contributed by atoms with van der Waals surface area (Å²) in [6.07, 6.45) is -6.96. The fourth-order valence-electron chi connectivity index (χ4n) is 2.17. The van der Waals surface area contributed by atoms with Crippen LogP contribution in [-0.4, -0.2) is 62.7 Å². The number of aliphatic hydroxyl groups is 4. The second-order valence-electron chi connectivity index (χ2n) is 5.02. The Morgan fingerprint density at radius 1 is 1.27 bits per heavy atom. The molecular weight excluding hydrogens is 298 g/mol. The van der Waals surface area contributed by atoms with E-state index in [0.29, 0.717) is 5.56 Å². The van der Waals surface area contributed by atoms with Crippen LogP contribution in [0.1, 0.15) is 5.56 Å². The molecule has 1 aliphatic heterocycles. The van der Waals surface area contributed by atoms with E-state index in [1.807, 2.05) is 0 Å². The third-order valence-electron chi connectivity index (χ3n) is 3.46. The van der Waals surface area contributed by atoms with Crippen molar-refractivity contribution in [2.75, 3.05) is 6.61 Å². The molecule has 9 heteroatoms. The monoisotopic (exact) mass is 315 g/mol. The Morgan fingerprint density at radius 3 is 2.50 bits per heavy atom. The summed E-state index contributed by atoms with van der Waals surface area (Å²) in [6.45, 7) is 1.01. The molecule has 122 valence electrons. The predicted molar refractivity (Wildman–Crippen MR) is 72.2 cm³/mol. The van der Waals surface area contributed by atoms with E-state index < -0.39 is 42.2 Å². The van der Waals surface area contributed by atoms with Gasteiger partial charge in [-0.05, 0) is 18.6 Å². The Morgan fingerprint density at radius 2 is 1.95 bits per heavy atom. The molecule has 1 aromatic rings. The summed E-state index contributed by atoms with van der Waals surface area (Å²) >= 11 is 0. The van der Waals surface area contributed by atoms with Crippen LogP contribution in [0, 0.1) is 17.0 Å². The van der Waals surface area contributed by atoms with Gasteiger partial charge in [-0.15, -0.1) is 0 Å². The highest BCUT2D eigenvalue weighted by molar-refractivity contribution is 5.43. The zero-order valence-electron chi connectivity index (χ0n) is 11.7. The predicted octanol–water partition coefficient (Wildman–Crippen LogP) is -0.918. The van der Waals surface area contributed by atoms with Gasteiger partial charge in [-0.3, -0.25) is 10.1 Å². The molecule has 1 saturated heterocycles. The highest BCUT2D eigenvalue weighted by Crippen LogP contribution is 2.28. The second kappa shape index (κ2) is 6.55. The van der Waals surface area contributed by atoms with Crippen molar-refractivity contribution in [2.24, 2.45) is 0 Å². The second-order valence-corrected chi connectivity index (χ2v) is 5.02. The Hall–Kier alpha value is -1.78. The number of nitrogens with zero attached hydrogens (tertiary/aromatic N) is 1. The van der Waals surface area contributed by atoms with Crippen molar-refractivity contribution in [3.63, 3.8) is 0 Å². The van der Waals surface area contributed by atoms with Gasteiger partial charge in [-0.1, -0.05) is 0 Å². The molecule has 4 N–H and O–H groups in total. The molecule has 0 amide bonds. The van der Waals surface area contributed by atoms with Gasteiger partial charge in [0.05, 0.1) is 11.5 Å². The number of benzene rings is 1. The van der Waals surface area contributed by atoms with Crippen LogP contribution in [0.3, 0.4) is 0 Å². The fraction of sp³-hybridized carbons (Fsp3) is 0.538. The molecule has 1 aromatic carbocycles. The lowest BCUT2D eigenvalue weighted by atomic mass is 9.99. The molecule has 5 atom stereocenters. The minimum absolute atomic E-state index is 0.112. The van der Waals surface area contributed by atoms with Crippen LogP contribution < -0.4 is 4.74 Å². The van der Waals surface area contributed by atoms with Gasteiger partial charge in [0.15, 0.2) is 0 Å². The third-order valence-corrected chi connectivity index (χ3v) is 3.46. The van der Waals surface area contributed by atoms with Gasteiger partial charge in [-0.2, -0.15) is 0 Å². The lowest BCUT2D eigenvalue weighted by Crippen LogP contribution is -2.60. The molecule has 0 bridgehead atoms. The van der Waals surface area contributed by atoms with Crippen LogP contribution in [0.5, 0.6) is 5.75 Å². The number of hydrogen-bond acceptors (Lipinski definition) is 8. The average Bonchev–Trinajstić information content (AvgIpc) is 2.49. The zero-order chi connectivity index (χ0) is 16.4. The van der Waals surface area contributed by atoms with Crippen molar-refractivity contribution >= 4 is 5.69 Å². The van der Waals surface area contributed by atoms with Crippen LogP contribution in [0.4, 0.5) is 5.69 Å².